The molecule has 1 heterocycles. The number of rotatable bonds is 6. The van der Waals surface area contributed by atoms with Crippen molar-refractivity contribution < 1.29 is 27.9 Å². The predicted octanol–water partition coefficient (Wildman–Crippen LogP) is 0.951. The summed E-state index contributed by atoms with van der Waals surface area (Å²) in [6, 6.07) is 2.13. The zero-order chi connectivity index (χ0) is 16.4. The van der Waals surface area contributed by atoms with Gasteiger partial charge in [0.1, 0.15) is 17.4 Å². The van der Waals surface area contributed by atoms with Crippen LogP contribution in [0.25, 0.3) is 0 Å². The van der Waals surface area contributed by atoms with Gasteiger partial charge in [-0.1, -0.05) is 0 Å². The van der Waals surface area contributed by atoms with Crippen LogP contribution in [-0.2, 0) is 16.1 Å². The molecule has 1 atom stereocenters. The number of furan rings is 1. The predicted molar refractivity (Wildman–Crippen MR) is 71.9 cm³/mol. The number of carbonyl (C=O) groups is 2. The highest BCUT2D eigenvalue weighted by Crippen LogP contribution is 2.44. The number of alkyl halides is 2. The van der Waals surface area contributed by atoms with Crippen molar-refractivity contribution in [1.82, 2.24) is 10.6 Å². The number of carbonyl (C=O) groups excluding carboxylic acids is 2. The minimum absolute atomic E-state index is 0.0897. The fourth-order valence-corrected chi connectivity index (χ4v) is 2.13. The van der Waals surface area contributed by atoms with Gasteiger partial charge in [0.05, 0.1) is 12.8 Å². The Kier molecular flexibility index (Phi) is 4.50. The molecule has 1 aliphatic rings. The molecule has 2 rings (SSSR count). The third-order valence-electron chi connectivity index (χ3n) is 3.81. The van der Waals surface area contributed by atoms with Crippen LogP contribution in [0.5, 0.6) is 0 Å². The van der Waals surface area contributed by atoms with E-state index in [-0.39, 0.29) is 19.4 Å². The second-order valence-corrected chi connectivity index (χ2v) is 5.45. The lowest BCUT2D eigenvalue weighted by Gasteiger charge is -2.41. The van der Waals surface area contributed by atoms with E-state index in [1.807, 2.05) is 5.32 Å². The van der Waals surface area contributed by atoms with Crippen LogP contribution in [0.15, 0.2) is 22.8 Å². The van der Waals surface area contributed by atoms with Crippen molar-refractivity contribution in [2.24, 2.45) is 0 Å². The van der Waals surface area contributed by atoms with Gasteiger partial charge in [0.2, 0.25) is 5.91 Å². The summed E-state index contributed by atoms with van der Waals surface area (Å²) in [7, 11) is 0. The van der Waals surface area contributed by atoms with Gasteiger partial charge in [-0.15, -0.1) is 0 Å². The molecule has 6 nitrogen and oxygen atoms in total. The van der Waals surface area contributed by atoms with Gasteiger partial charge in [-0.3, -0.25) is 9.59 Å². The average molecular weight is 316 g/mol. The lowest BCUT2D eigenvalue weighted by Crippen LogP contribution is -2.62. The molecule has 0 bridgehead atoms. The Hall–Kier alpha value is -1.96. The van der Waals surface area contributed by atoms with Crippen LogP contribution >= 0.6 is 0 Å². The summed E-state index contributed by atoms with van der Waals surface area (Å²) in [6.07, 6.45) is 1.62. The molecule has 22 heavy (non-hydrogen) atoms. The van der Waals surface area contributed by atoms with E-state index >= 15 is 0 Å². The first kappa shape index (κ1) is 16.4. The summed E-state index contributed by atoms with van der Waals surface area (Å²) in [4.78, 5) is 23.4. The molecule has 0 aliphatic heterocycles. The summed E-state index contributed by atoms with van der Waals surface area (Å²) in [5, 5.41) is 14.1. The Morgan fingerprint density at radius 2 is 2.18 bits per heavy atom. The maximum absolute atomic E-state index is 13.9. The monoisotopic (exact) mass is 316 g/mol. The van der Waals surface area contributed by atoms with Gasteiger partial charge in [0, 0.05) is 0 Å². The molecule has 1 saturated carbocycles. The molecule has 0 spiro atoms. The minimum Gasteiger partial charge on any atom is -0.467 e. The van der Waals surface area contributed by atoms with E-state index in [1.54, 1.807) is 12.1 Å². The molecule has 0 aromatic carbocycles. The van der Waals surface area contributed by atoms with Gasteiger partial charge in [-0.2, -0.15) is 8.78 Å². The van der Waals surface area contributed by atoms with Gasteiger partial charge in [-0.05, 0) is 38.3 Å². The minimum atomic E-state index is -3.92. The van der Waals surface area contributed by atoms with Gasteiger partial charge in [-0.25, -0.2) is 0 Å². The second-order valence-electron chi connectivity index (χ2n) is 5.45. The van der Waals surface area contributed by atoms with E-state index in [0.717, 1.165) is 0 Å². The van der Waals surface area contributed by atoms with Crippen LogP contribution in [0.2, 0.25) is 0 Å². The number of aliphatic hydroxyl groups is 1. The first-order chi connectivity index (χ1) is 10.3. The molecule has 0 saturated heterocycles. The zero-order valence-corrected chi connectivity index (χ0v) is 12.1. The van der Waals surface area contributed by atoms with E-state index in [4.69, 9.17) is 4.42 Å². The smallest absolute Gasteiger partial charge is 0.352 e. The van der Waals surface area contributed by atoms with Gasteiger partial charge >= 0.3 is 5.92 Å². The molecule has 2 amide bonds. The highest BCUT2D eigenvalue weighted by Gasteiger charge is 2.61. The number of hydrogen-bond donors (Lipinski definition) is 3. The van der Waals surface area contributed by atoms with Gasteiger partial charge in [0.15, 0.2) is 0 Å². The molecule has 1 aliphatic carbocycles. The number of halogens is 2. The fourth-order valence-electron chi connectivity index (χ4n) is 2.13. The van der Waals surface area contributed by atoms with Gasteiger partial charge in [0.25, 0.3) is 5.91 Å². The third-order valence-corrected chi connectivity index (χ3v) is 3.81. The highest BCUT2D eigenvalue weighted by molar-refractivity contribution is 5.91. The molecule has 3 N–H and O–H groups in total. The van der Waals surface area contributed by atoms with Crippen LogP contribution in [0.3, 0.4) is 0 Å². The molecule has 122 valence electrons. The Morgan fingerprint density at radius 3 is 2.68 bits per heavy atom. The molecular weight excluding hydrogens is 298 g/mol. The Bertz CT molecular complexity index is 541. The van der Waals surface area contributed by atoms with Crippen molar-refractivity contribution in [3.63, 3.8) is 0 Å². The standard InChI is InChI=1S/C14H18F2N2O4/c1-9(11(19)17-8-10-4-2-7-22-10)18-12(20)14(15,16)13(21)5-3-6-13/h2,4,7,9,21H,3,5-6,8H2,1H3,(H,17,19)(H,18,20). The Balaban J connectivity index is 1.86. The van der Waals surface area contributed by atoms with Crippen molar-refractivity contribution in [2.45, 2.75) is 50.3 Å². The van der Waals surface area contributed by atoms with E-state index in [1.165, 1.54) is 13.2 Å². The van der Waals surface area contributed by atoms with E-state index in [9.17, 15) is 23.5 Å². The molecule has 8 heteroatoms. The maximum atomic E-state index is 13.9. The first-order valence-electron chi connectivity index (χ1n) is 6.97. The van der Waals surface area contributed by atoms with Crippen molar-refractivity contribution in [1.29, 1.82) is 0 Å². The largest absolute Gasteiger partial charge is 0.467 e. The summed E-state index contributed by atoms with van der Waals surface area (Å²) < 4.78 is 32.8. The lowest BCUT2D eigenvalue weighted by atomic mass is 9.75. The number of amides is 2. The topological polar surface area (TPSA) is 91.6 Å². The van der Waals surface area contributed by atoms with E-state index in [2.05, 4.69) is 5.32 Å². The lowest BCUT2D eigenvalue weighted by molar-refractivity contribution is -0.216. The van der Waals surface area contributed by atoms with Crippen molar-refractivity contribution in [2.75, 3.05) is 0 Å². The van der Waals surface area contributed by atoms with Crippen molar-refractivity contribution >= 4 is 11.8 Å². The Labute approximate surface area is 125 Å². The fraction of sp³-hybridized carbons (Fsp3) is 0.571. The molecular formula is C14H18F2N2O4. The van der Waals surface area contributed by atoms with E-state index in [0.29, 0.717) is 12.2 Å². The number of nitrogens with one attached hydrogen (secondary N) is 2. The van der Waals surface area contributed by atoms with Crippen LogP contribution in [0, 0.1) is 0 Å². The maximum Gasteiger partial charge on any atom is 0.352 e. The SMILES string of the molecule is CC(NC(=O)C(F)(F)C1(O)CCC1)C(=O)NCc1ccco1. The van der Waals surface area contributed by atoms with Crippen LogP contribution in [0.4, 0.5) is 8.78 Å². The Morgan fingerprint density at radius 1 is 1.50 bits per heavy atom. The molecule has 1 aromatic rings. The molecule has 0 radical (unpaired) electrons. The summed E-state index contributed by atoms with van der Waals surface area (Å²) in [5.74, 6) is -5.68. The highest BCUT2D eigenvalue weighted by atomic mass is 19.3. The summed E-state index contributed by atoms with van der Waals surface area (Å²) in [6.45, 7) is 1.38. The van der Waals surface area contributed by atoms with Crippen molar-refractivity contribution in [3.8, 4) is 0 Å². The summed E-state index contributed by atoms with van der Waals surface area (Å²) in [5.41, 5.74) is -2.30. The first-order valence-corrected chi connectivity index (χ1v) is 6.97. The molecule has 1 aromatic heterocycles. The quantitative estimate of drug-likeness (QED) is 0.729. The third kappa shape index (κ3) is 3.11. The summed E-state index contributed by atoms with van der Waals surface area (Å²) >= 11 is 0. The number of hydrogen-bond acceptors (Lipinski definition) is 4. The van der Waals surface area contributed by atoms with Crippen LogP contribution in [-0.4, -0.2) is 34.5 Å². The van der Waals surface area contributed by atoms with E-state index < -0.39 is 29.4 Å². The van der Waals surface area contributed by atoms with Crippen LogP contribution < -0.4 is 10.6 Å². The normalized spacial score (nSPS) is 18.2. The zero-order valence-electron chi connectivity index (χ0n) is 12.1. The van der Waals surface area contributed by atoms with Gasteiger partial charge < -0.3 is 20.2 Å². The van der Waals surface area contributed by atoms with Crippen LogP contribution in [0.1, 0.15) is 31.9 Å². The van der Waals surface area contributed by atoms with Crippen molar-refractivity contribution in [3.05, 3.63) is 24.2 Å². The molecule has 1 unspecified atom stereocenters. The average Bonchev–Trinajstić information content (AvgIpc) is 2.94. The second kappa shape index (κ2) is 6.04. The molecule has 1 fully saturated rings.